The van der Waals surface area contributed by atoms with Crippen LogP contribution in [-0.4, -0.2) is 41.3 Å². The molecule has 1 saturated heterocycles. The molecule has 0 saturated carbocycles. The van der Waals surface area contributed by atoms with Crippen LogP contribution in [0.3, 0.4) is 0 Å². The summed E-state index contributed by atoms with van der Waals surface area (Å²) in [5.74, 6) is -0.272. The van der Waals surface area contributed by atoms with Gasteiger partial charge in [-0.15, -0.1) is 0 Å². The summed E-state index contributed by atoms with van der Waals surface area (Å²) in [6.07, 6.45) is 2.07. The molecule has 2 amide bonds. The molecule has 0 aliphatic carbocycles. The molecular formula is C24H25N3O2. The van der Waals surface area contributed by atoms with Gasteiger partial charge in [-0.2, -0.15) is 0 Å². The van der Waals surface area contributed by atoms with Crippen LogP contribution in [0.1, 0.15) is 34.3 Å². The second-order valence-electron chi connectivity index (χ2n) is 7.66. The van der Waals surface area contributed by atoms with E-state index in [1.807, 2.05) is 54.3 Å². The quantitative estimate of drug-likeness (QED) is 0.739. The molecule has 0 atom stereocenters. The van der Waals surface area contributed by atoms with Crippen LogP contribution in [0.15, 0.2) is 48.5 Å². The number of hydrogen-bond acceptors (Lipinski definition) is 3. The molecule has 29 heavy (non-hydrogen) atoms. The van der Waals surface area contributed by atoms with Gasteiger partial charge in [0.25, 0.3) is 5.91 Å². The lowest BCUT2D eigenvalue weighted by Gasteiger charge is -2.16. The Labute approximate surface area is 170 Å². The Hall–Kier alpha value is -3.21. The number of carbonyl (C=O) groups excluding carboxylic acids is 2. The van der Waals surface area contributed by atoms with E-state index in [1.165, 1.54) is 5.56 Å². The molecule has 0 spiro atoms. The molecule has 1 aliphatic rings. The third kappa shape index (κ3) is 3.99. The Kier molecular flexibility index (Phi) is 5.30. The summed E-state index contributed by atoms with van der Waals surface area (Å²) in [6, 6.07) is 15.6. The number of aromatic nitrogens is 1. The maximum Gasteiger partial charge on any atom is 0.252 e. The summed E-state index contributed by atoms with van der Waals surface area (Å²) >= 11 is 0. The number of para-hydroxylation sites is 1. The van der Waals surface area contributed by atoms with Gasteiger partial charge in [0.2, 0.25) is 5.91 Å². The summed E-state index contributed by atoms with van der Waals surface area (Å²) in [4.78, 5) is 31.9. The molecule has 1 fully saturated rings. The second-order valence-corrected chi connectivity index (χ2v) is 7.66. The van der Waals surface area contributed by atoms with Gasteiger partial charge in [0.15, 0.2) is 0 Å². The highest BCUT2D eigenvalue weighted by molar-refractivity contribution is 6.08. The highest BCUT2D eigenvalue weighted by Crippen LogP contribution is 2.27. The van der Waals surface area contributed by atoms with Crippen molar-refractivity contribution in [1.82, 2.24) is 15.2 Å². The first-order valence-corrected chi connectivity index (χ1v) is 10.1. The topological polar surface area (TPSA) is 62.3 Å². The fraction of sp³-hybridized carbons (Fsp3) is 0.292. The lowest BCUT2D eigenvalue weighted by Crippen LogP contribution is -2.38. The number of aryl methyl sites for hydroxylation is 2. The van der Waals surface area contributed by atoms with Crippen LogP contribution in [0.25, 0.3) is 22.2 Å². The van der Waals surface area contributed by atoms with Crippen LogP contribution in [-0.2, 0) is 4.79 Å². The van der Waals surface area contributed by atoms with E-state index in [1.54, 1.807) is 0 Å². The van der Waals surface area contributed by atoms with Gasteiger partial charge >= 0.3 is 0 Å². The molecular weight excluding hydrogens is 362 g/mol. The zero-order chi connectivity index (χ0) is 20.4. The standard InChI is InChI=1S/C24H25N3O2/c1-16-9-10-18(17(2)13-16)22-14-20(19-7-3-4-8-21(19)26-22)24(29)25-15-23(28)27-11-5-6-12-27/h3-4,7-10,13-14H,5-6,11-12,15H2,1-2H3,(H,25,29). The molecule has 2 heterocycles. The molecule has 2 aromatic carbocycles. The van der Waals surface area contributed by atoms with E-state index >= 15 is 0 Å². The SMILES string of the molecule is Cc1ccc(-c2cc(C(=O)NCC(=O)N3CCCC3)c3ccccc3n2)c(C)c1. The number of pyridine rings is 1. The molecule has 0 bridgehead atoms. The van der Waals surface area contributed by atoms with E-state index in [-0.39, 0.29) is 18.4 Å². The third-order valence-corrected chi connectivity index (χ3v) is 5.48. The molecule has 1 aromatic heterocycles. The van der Waals surface area contributed by atoms with Gasteiger partial charge in [-0.05, 0) is 44.4 Å². The lowest BCUT2D eigenvalue weighted by atomic mass is 9.99. The van der Waals surface area contributed by atoms with E-state index in [9.17, 15) is 9.59 Å². The van der Waals surface area contributed by atoms with Crippen LogP contribution in [0, 0.1) is 13.8 Å². The average molecular weight is 387 g/mol. The molecule has 0 radical (unpaired) electrons. The number of benzene rings is 2. The molecule has 1 N–H and O–H groups in total. The van der Waals surface area contributed by atoms with Crippen LogP contribution >= 0.6 is 0 Å². The minimum Gasteiger partial charge on any atom is -0.343 e. The van der Waals surface area contributed by atoms with Crippen molar-refractivity contribution in [3.05, 3.63) is 65.2 Å². The minimum atomic E-state index is -0.248. The first kappa shape index (κ1) is 19.1. The van der Waals surface area contributed by atoms with Crippen LogP contribution in [0.2, 0.25) is 0 Å². The number of carbonyl (C=O) groups is 2. The molecule has 5 heteroatoms. The second kappa shape index (κ2) is 8.03. The fourth-order valence-electron chi connectivity index (χ4n) is 3.93. The largest absolute Gasteiger partial charge is 0.343 e. The van der Waals surface area contributed by atoms with E-state index < -0.39 is 0 Å². The summed E-state index contributed by atoms with van der Waals surface area (Å²) in [5, 5.41) is 3.60. The van der Waals surface area contributed by atoms with Crippen molar-refractivity contribution in [2.45, 2.75) is 26.7 Å². The number of nitrogens with one attached hydrogen (secondary N) is 1. The van der Waals surface area contributed by atoms with Crippen LogP contribution in [0.4, 0.5) is 0 Å². The Morgan fingerprint density at radius 2 is 1.79 bits per heavy atom. The first-order valence-electron chi connectivity index (χ1n) is 10.1. The molecule has 4 rings (SSSR count). The van der Waals surface area contributed by atoms with Crippen molar-refractivity contribution in [2.24, 2.45) is 0 Å². The van der Waals surface area contributed by atoms with Gasteiger partial charge < -0.3 is 10.2 Å². The average Bonchev–Trinajstić information content (AvgIpc) is 3.26. The van der Waals surface area contributed by atoms with E-state index in [2.05, 4.69) is 18.3 Å². The Morgan fingerprint density at radius 3 is 2.55 bits per heavy atom. The number of rotatable bonds is 4. The van der Waals surface area contributed by atoms with Crippen molar-refractivity contribution < 1.29 is 9.59 Å². The lowest BCUT2D eigenvalue weighted by molar-refractivity contribution is -0.129. The molecule has 0 unspecified atom stereocenters. The third-order valence-electron chi connectivity index (χ3n) is 5.48. The normalized spacial score (nSPS) is 13.7. The zero-order valence-corrected chi connectivity index (χ0v) is 16.9. The Bertz CT molecular complexity index is 1080. The van der Waals surface area contributed by atoms with Crippen molar-refractivity contribution in [2.75, 3.05) is 19.6 Å². The number of fused-ring (bicyclic) bond motifs is 1. The number of nitrogens with zero attached hydrogens (tertiary/aromatic N) is 2. The summed E-state index contributed by atoms with van der Waals surface area (Å²) in [5.41, 5.74) is 5.37. The van der Waals surface area contributed by atoms with Gasteiger partial charge in [-0.25, -0.2) is 4.98 Å². The first-order chi connectivity index (χ1) is 14.0. The predicted octanol–water partition coefficient (Wildman–Crippen LogP) is 3.87. The van der Waals surface area contributed by atoms with Crippen LogP contribution in [0.5, 0.6) is 0 Å². The smallest absolute Gasteiger partial charge is 0.252 e. The molecule has 1 aliphatic heterocycles. The zero-order valence-electron chi connectivity index (χ0n) is 16.9. The van der Waals surface area contributed by atoms with Gasteiger partial charge in [0, 0.05) is 24.0 Å². The molecule has 148 valence electrons. The highest BCUT2D eigenvalue weighted by atomic mass is 16.2. The van der Waals surface area contributed by atoms with Gasteiger partial charge in [-0.1, -0.05) is 42.0 Å². The number of likely N-dealkylation sites (tertiary alicyclic amines) is 1. The van der Waals surface area contributed by atoms with E-state index in [4.69, 9.17) is 4.98 Å². The maximum absolute atomic E-state index is 13.0. The minimum absolute atomic E-state index is 0.0222. The monoisotopic (exact) mass is 387 g/mol. The van der Waals surface area contributed by atoms with Gasteiger partial charge in [-0.3, -0.25) is 9.59 Å². The van der Waals surface area contributed by atoms with Gasteiger partial charge in [0.1, 0.15) is 0 Å². The Balaban J connectivity index is 1.67. The fourth-order valence-corrected chi connectivity index (χ4v) is 3.93. The highest BCUT2D eigenvalue weighted by Gasteiger charge is 2.20. The van der Waals surface area contributed by atoms with Crippen molar-refractivity contribution in [3.63, 3.8) is 0 Å². The van der Waals surface area contributed by atoms with E-state index in [0.29, 0.717) is 5.56 Å². The summed E-state index contributed by atoms with van der Waals surface area (Å²) in [6.45, 7) is 5.69. The van der Waals surface area contributed by atoms with Crippen molar-refractivity contribution in [1.29, 1.82) is 0 Å². The number of amides is 2. The molecule has 3 aromatic rings. The predicted molar refractivity (Wildman–Crippen MR) is 115 cm³/mol. The summed E-state index contributed by atoms with van der Waals surface area (Å²) < 4.78 is 0. The Morgan fingerprint density at radius 1 is 1.03 bits per heavy atom. The van der Waals surface area contributed by atoms with Crippen molar-refractivity contribution >= 4 is 22.7 Å². The van der Waals surface area contributed by atoms with Crippen LogP contribution < -0.4 is 5.32 Å². The van der Waals surface area contributed by atoms with Crippen molar-refractivity contribution in [3.8, 4) is 11.3 Å². The van der Waals surface area contributed by atoms with E-state index in [0.717, 1.165) is 53.7 Å². The summed E-state index contributed by atoms with van der Waals surface area (Å²) in [7, 11) is 0. The maximum atomic E-state index is 13.0. The van der Waals surface area contributed by atoms with Gasteiger partial charge in [0.05, 0.1) is 23.3 Å². The molecule has 5 nitrogen and oxygen atoms in total. The number of hydrogen-bond donors (Lipinski definition) is 1.